The number of ether oxygens (including phenoxy) is 1. The third-order valence-electron chi connectivity index (χ3n) is 2.87. The van der Waals surface area contributed by atoms with Crippen LogP contribution in [0, 0.1) is 11.8 Å². The van der Waals surface area contributed by atoms with Crippen molar-refractivity contribution in [1.29, 1.82) is 0 Å². The Morgan fingerprint density at radius 1 is 1.33 bits per heavy atom. The van der Waals surface area contributed by atoms with Crippen LogP contribution in [0.5, 0.6) is 0 Å². The van der Waals surface area contributed by atoms with Gasteiger partial charge >= 0.3 is 0 Å². The SMILES string of the molecule is CC(C)CC(Cl)CNCC1CCOCC1. The fourth-order valence-corrected chi connectivity index (χ4v) is 2.45. The van der Waals surface area contributed by atoms with Crippen molar-refractivity contribution in [2.24, 2.45) is 11.8 Å². The second-order valence-corrected chi connectivity index (χ2v) is 5.56. The highest BCUT2D eigenvalue weighted by Gasteiger charge is 2.14. The number of nitrogens with one attached hydrogen (secondary N) is 1. The average molecular weight is 234 g/mol. The monoisotopic (exact) mass is 233 g/mol. The first-order valence-electron chi connectivity index (χ1n) is 6.11. The number of hydrogen-bond donors (Lipinski definition) is 1. The van der Waals surface area contributed by atoms with Crippen molar-refractivity contribution in [1.82, 2.24) is 5.32 Å². The first-order valence-corrected chi connectivity index (χ1v) is 6.54. The van der Waals surface area contributed by atoms with Crippen LogP contribution < -0.4 is 5.32 Å². The molecular weight excluding hydrogens is 210 g/mol. The van der Waals surface area contributed by atoms with Crippen molar-refractivity contribution >= 4 is 11.6 Å². The summed E-state index contributed by atoms with van der Waals surface area (Å²) in [6.07, 6.45) is 3.50. The van der Waals surface area contributed by atoms with E-state index in [2.05, 4.69) is 19.2 Å². The molecule has 0 aromatic heterocycles. The molecule has 0 saturated carbocycles. The number of rotatable bonds is 6. The zero-order valence-corrected chi connectivity index (χ0v) is 10.7. The fourth-order valence-electron chi connectivity index (χ4n) is 1.99. The molecule has 1 unspecified atom stereocenters. The van der Waals surface area contributed by atoms with Crippen molar-refractivity contribution in [2.45, 2.75) is 38.5 Å². The van der Waals surface area contributed by atoms with Gasteiger partial charge in [0.05, 0.1) is 0 Å². The van der Waals surface area contributed by atoms with Crippen LogP contribution in [0.3, 0.4) is 0 Å². The summed E-state index contributed by atoms with van der Waals surface area (Å²) < 4.78 is 5.33. The highest BCUT2D eigenvalue weighted by Crippen LogP contribution is 2.14. The van der Waals surface area contributed by atoms with Crippen molar-refractivity contribution in [3.63, 3.8) is 0 Å². The van der Waals surface area contributed by atoms with E-state index in [4.69, 9.17) is 16.3 Å². The van der Waals surface area contributed by atoms with Gasteiger partial charge < -0.3 is 10.1 Å². The molecule has 0 spiro atoms. The minimum absolute atomic E-state index is 0.282. The molecule has 15 heavy (non-hydrogen) atoms. The maximum Gasteiger partial charge on any atom is 0.0469 e. The molecule has 0 aromatic rings. The van der Waals surface area contributed by atoms with E-state index in [-0.39, 0.29) is 5.38 Å². The lowest BCUT2D eigenvalue weighted by atomic mass is 10.0. The second-order valence-electron chi connectivity index (χ2n) is 4.94. The van der Waals surface area contributed by atoms with Gasteiger partial charge in [0, 0.05) is 25.1 Å². The highest BCUT2D eigenvalue weighted by molar-refractivity contribution is 6.20. The van der Waals surface area contributed by atoms with Gasteiger partial charge in [-0.25, -0.2) is 0 Å². The average Bonchev–Trinajstić information content (AvgIpc) is 2.18. The van der Waals surface area contributed by atoms with Crippen LogP contribution in [0.25, 0.3) is 0 Å². The van der Waals surface area contributed by atoms with Gasteiger partial charge in [-0.1, -0.05) is 13.8 Å². The maximum atomic E-state index is 6.21. The Morgan fingerprint density at radius 3 is 2.60 bits per heavy atom. The number of halogens is 1. The maximum absolute atomic E-state index is 6.21. The molecule has 1 heterocycles. The Bertz CT molecular complexity index is 158. The molecule has 3 heteroatoms. The van der Waals surface area contributed by atoms with Crippen LogP contribution in [0.4, 0.5) is 0 Å². The zero-order valence-electron chi connectivity index (χ0n) is 9.97. The molecule has 1 saturated heterocycles. The lowest BCUT2D eigenvalue weighted by molar-refractivity contribution is 0.0663. The van der Waals surface area contributed by atoms with Crippen LogP contribution in [0.15, 0.2) is 0 Å². The quantitative estimate of drug-likeness (QED) is 0.713. The van der Waals surface area contributed by atoms with E-state index in [0.717, 1.165) is 38.6 Å². The number of alkyl halides is 1. The molecule has 1 N–H and O–H groups in total. The molecule has 0 aliphatic carbocycles. The van der Waals surface area contributed by atoms with Gasteiger partial charge in [-0.05, 0) is 37.6 Å². The summed E-state index contributed by atoms with van der Waals surface area (Å²) in [5, 5.41) is 3.75. The Balaban J connectivity index is 1.99. The first kappa shape index (κ1) is 13.3. The predicted molar refractivity (Wildman–Crippen MR) is 65.5 cm³/mol. The van der Waals surface area contributed by atoms with Gasteiger partial charge in [0.25, 0.3) is 0 Å². The smallest absolute Gasteiger partial charge is 0.0469 e. The minimum atomic E-state index is 0.282. The normalized spacial score (nSPS) is 20.8. The molecule has 0 amide bonds. The van der Waals surface area contributed by atoms with Crippen LogP contribution in [-0.4, -0.2) is 31.7 Å². The number of hydrogen-bond acceptors (Lipinski definition) is 2. The Morgan fingerprint density at radius 2 is 2.00 bits per heavy atom. The van der Waals surface area contributed by atoms with Crippen LogP contribution in [0.1, 0.15) is 33.1 Å². The summed E-state index contributed by atoms with van der Waals surface area (Å²) in [6, 6.07) is 0. The van der Waals surface area contributed by atoms with Crippen molar-refractivity contribution in [3.8, 4) is 0 Å². The highest BCUT2D eigenvalue weighted by atomic mass is 35.5. The molecule has 1 rings (SSSR count). The van der Waals surface area contributed by atoms with Crippen LogP contribution in [0.2, 0.25) is 0 Å². The van der Waals surface area contributed by atoms with E-state index in [1.807, 2.05) is 0 Å². The minimum Gasteiger partial charge on any atom is -0.381 e. The molecule has 1 aliphatic rings. The van der Waals surface area contributed by atoms with E-state index in [0.29, 0.717) is 5.92 Å². The van der Waals surface area contributed by atoms with Crippen molar-refractivity contribution in [3.05, 3.63) is 0 Å². The summed E-state index contributed by atoms with van der Waals surface area (Å²) in [6.45, 7) is 8.34. The molecular formula is C12H24ClNO. The molecule has 2 nitrogen and oxygen atoms in total. The third kappa shape index (κ3) is 6.39. The van der Waals surface area contributed by atoms with E-state index < -0.39 is 0 Å². The van der Waals surface area contributed by atoms with Gasteiger partial charge in [-0.15, -0.1) is 11.6 Å². The van der Waals surface area contributed by atoms with E-state index >= 15 is 0 Å². The summed E-state index contributed by atoms with van der Waals surface area (Å²) in [5.74, 6) is 1.49. The molecule has 0 bridgehead atoms. The lowest BCUT2D eigenvalue weighted by Gasteiger charge is -2.23. The van der Waals surface area contributed by atoms with Gasteiger partial charge in [-0.2, -0.15) is 0 Å². The van der Waals surface area contributed by atoms with E-state index in [9.17, 15) is 0 Å². The predicted octanol–water partition coefficient (Wildman–Crippen LogP) is 2.66. The molecule has 0 aromatic carbocycles. The standard InChI is InChI=1S/C12H24ClNO/c1-10(2)7-12(13)9-14-8-11-3-5-15-6-4-11/h10-12,14H,3-9H2,1-2H3. The molecule has 90 valence electrons. The van der Waals surface area contributed by atoms with E-state index in [1.165, 1.54) is 12.8 Å². The topological polar surface area (TPSA) is 21.3 Å². The summed E-state index contributed by atoms with van der Waals surface area (Å²) in [5.41, 5.74) is 0. The molecule has 1 atom stereocenters. The molecule has 0 radical (unpaired) electrons. The van der Waals surface area contributed by atoms with Crippen molar-refractivity contribution in [2.75, 3.05) is 26.3 Å². The molecule has 1 fully saturated rings. The Kier molecular flexibility index (Phi) is 6.62. The second kappa shape index (κ2) is 7.48. The van der Waals surface area contributed by atoms with Gasteiger partial charge in [0.2, 0.25) is 0 Å². The lowest BCUT2D eigenvalue weighted by Crippen LogP contribution is -2.31. The molecule has 1 aliphatic heterocycles. The van der Waals surface area contributed by atoms with Crippen LogP contribution in [-0.2, 0) is 4.74 Å². The Hall–Kier alpha value is 0.210. The summed E-state index contributed by atoms with van der Waals surface area (Å²) >= 11 is 6.21. The first-order chi connectivity index (χ1) is 7.18. The van der Waals surface area contributed by atoms with Crippen LogP contribution >= 0.6 is 11.6 Å². The largest absolute Gasteiger partial charge is 0.381 e. The fraction of sp³-hybridized carbons (Fsp3) is 1.00. The summed E-state index contributed by atoms with van der Waals surface area (Å²) in [4.78, 5) is 0. The van der Waals surface area contributed by atoms with E-state index in [1.54, 1.807) is 0 Å². The van der Waals surface area contributed by atoms with Gasteiger partial charge in [-0.3, -0.25) is 0 Å². The zero-order chi connectivity index (χ0) is 11.1. The van der Waals surface area contributed by atoms with Crippen molar-refractivity contribution < 1.29 is 4.74 Å². The van der Waals surface area contributed by atoms with Gasteiger partial charge in [0.15, 0.2) is 0 Å². The summed E-state index contributed by atoms with van der Waals surface area (Å²) in [7, 11) is 0. The van der Waals surface area contributed by atoms with Gasteiger partial charge in [0.1, 0.15) is 0 Å². The Labute approximate surface area is 98.7 Å². The third-order valence-corrected chi connectivity index (χ3v) is 3.20.